The summed E-state index contributed by atoms with van der Waals surface area (Å²) in [5.74, 6) is 1.35. The molecular formula is C48H43IrN2O3-. The Kier molecular flexibility index (Phi) is 11.5. The number of imidazole rings is 1. The molecule has 54 heavy (non-hydrogen) atoms. The third-order valence-corrected chi connectivity index (χ3v) is 9.53. The first-order valence-electron chi connectivity index (χ1n) is 18.1. The van der Waals surface area contributed by atoms with E-state index in [0.717, 1.165) is 39.0 Å². The van der Waals surface area contributed by atoms with Gasteiger partial charge in [-0.15, -0.1) is 0 Å². The molecule has 6 aromatic carbocycles. The molecule has 0 spiro atoms. The third kappa shape index (κ3) is 7.72. The molecule has 0 aliphatic carbocycles. The van der Waals surface area contributed by atoms with E-state index >= 15 is 0 Å². The van der Waals surface area contributed by atoms with E-state index in [1.165, 1.54) is 64.2 Å². The quantitative estimate of drug-likeness (QED) is 0.0983. The van der Waals surface area contributed by atoms with Gasteiger partial charge in [-0.25, -0.2) is 0 Å². The van der Waals surface area contributed by atoms with Crippen LogP contribution in [-0.4, -0.2) is 20.4 Å². The first-order chi connectivity index (χ1) is 25.6. The maximum atomic E-state index is 10.0. The van der Waals surface area contributed by atoms with Gasteiger partial charge in [0, 0.05) is 43.7 Å². The minimum absolute atomic E-state index is 0. The summed E-state index contributed by atoms with van der Waals surface area (Å²) in [7, 11) is 0. The van der Waals surface area contributed by atoms with Crippen molar-refractivity contribution < 1.29 is 34.4 Å². The molecule has 2 heterocycles. The van der Waals surface area contributed by atoms with Crippen LogP contribution in [0.25, 0.3) is 72.1 Å². The summed E-state index contributed by atoms with van der Waals surface area (Å²) in [5, 5.41) is 11.8. The van der Waals surface area contributed by atoms with Crippen LogP contribution in [0.2, 0.25) is 0 Å². The summed E-state index contributed by atoms with van der Waals surface area (Å²) in [5.41, 5.74) is 12.2. The third-order valence-electron chi connectivity index (χ3n) is 9.53. The van der Waals surface area contributed by atoms with Crippen LogP contribution in [0.4, 0.5) is 0 Å². The monoisotopic (exact) mass is 888 g/mol. The molecule has 5 nitrogen and oxygen atoms in total. The number of ketones is 1. The average Bonchev–Trinajstić information content (AvgIpc) is 3.75. The molecule has 6 heteroatoms. The van der Waals surface area contributed by atoms with Gasteiger partial charge in [0.25, 0.3) is 0 Å². The van der Waals surface area contributed by atoms with Gasteiger partial charge in [0.05, 0.1) is 22.6 Å². The molecule has 0 atom stereocenters. The molecule has 8 rings (SSSR count). The maximum Gasteiger partial charge on any atom is 0.155 e. The summed E-state index contributed by atoms with van der Waals surface area (Å²) in [6, 6.07) is 45.4. The molecule has 2 aromatic heterocycles. The van der Waals surface area contributed by atoms with Crippen molar-refractivity contribution in [2.75, 3.05) is 0 Å². The predicted octanol–water partition coefficient (Wildman–Crippen LogP) is 13.0. The van der Waals surface area contributed by atoms with E-state index in [4.69, 9.17) is 14.5 Å². The van der Waals surface area contributed by atoms with E-state index in [2.05, 4.69) is 166 Å². The Morgan fingerprint density at radius 1 is 0.704 bits per heavy atom. The molecule has 0 saturated carbocycles. The Balaban J connectivity index is 0.000000569. The summed E-state index contributed by atoms with van der Waals surface area (Å²) in [6.07, 6.45) is 4.45. The summed E-state index contributed by atoms with van der Waals surface area (Å²) >= 11 is 0. The molecule has 0 fully saturated rings. The number of benzene rings is 6. The predicted molar refractivity (Wildman–Crippen MR) is 219 cm³/mol. The fourth-order valence-electron chi connectivity index (χ4n) is 7.02. The topological polar surface area (TPSA) is 68.3 Å². The molecule has 1 N–H and O–H groups in total. The second-order valence-electron chi connectivity index (χ2n) is 14.2. The zero-order chi connectivity index (χ0) is 37.2. The van der Waals surface area contributed by atoms with Crippen LogP contribution in [0, 0.1) is 6.26 Å². The number of rotatable bonds is 7. The van der Waals surface area contributed by atoms with Crippen molar-refractivity contribution in [2.45, 2.75) is 53.4 Å². The van der Waals surface area contributed by atoms with Crippen molar-refractivity contribution >= 4 is 38.6 Å². The van der Waals surface area contributed by atoms with Crippen LogP contribution < -0.4 is 0 Å². The Bertz CT molecular complexity index is 2600. The van der Waals surface area contributed by atoms with Crippen molar-refractivity contribution in [1.82, 2.24) is 9.55 Å². The van der Waals surface area contributed by atoms with Crippen molar-refractivity contribution in [3.63, 3.8) is 0 Å². The van der Waals surface area contributed by atoms with Gasteiger partial charge in [-0.1, -0.05) is 136 Å². The van der Waals surface area contributed by atoms with Gasteiger partial charge in [-0.2, -0.15) is 0 Å². The molecular weight excluding hydrogens is 845 g/mol. The number of aliphatic hydroxyl groups excluding tert-OH is 1. The van der Waals surface area contributed by atoms with Gasteiger partial charge in [0.15, 0.2) is 5.78 Å². The minimum atomic E-state index is -0.125. The van der Waals surface area contributed by atoms with Gasteiger partial charge < -0.3 is 14.1 Å². The maximum absolute atomic E-state index is 10.0. The van der Waals surface area contributed by atoms with E-state index in [1.54, 1.807) is 0 Å². The number of fused-ring (bicyclic) bond motifs is 3. The molecule has 0 aliphatic heterocycles. The molecule has 1 radical (unpaired) electrons. The number of nitrogens with zero attached hydrogens (tertiary/aromatic N) is 2. The number of hydrogen-bond acceptors (Lipinski definition) is 4. The molecule has 0 aliphatic rings. The van der Waals surface area contributed by atoms with Crippen LogP contribution in [0.1, 0.15) is 64.5 Å². The smallest absolute Gasteiger partial charge is 0.155 e. The molecule has 8 aromatic rings. The van der Waals surface area contributed by atoms with Crippen LogP contribution in [0.15, 0.2) is 144 Å². The Morgan fingerprint density at radius 2 is 1.31 bits per heavy atom. The largest absolute Gasteiger partial charge is 0.557 e. The molecule has 0 amide bonds. The van der Waals surface area contributed by atoms with Gasteiger partial charge >= 0.3 is 0 Å². The van der Waals surface area contributed by atoms with Gasteiger partial charge in [-0.3, -0.25) is 9.78 Å². The zero-order valence-corrected chi connectivity index (χ0v) is 33.7. The van der Waals surface area contributed by atoms with Crippen molar-refractivity contribution in [3.05, 3.63) is 157 Å². The van der Waals surface area contributed by atoms with Gasteiger partial charge in [-0.05, 0) is 100 Å². The Labute approximate surface area is 330 Å². The fraction of sp³-hybridized carbons (Fsp3) is 0.167. The number of aliphatic hydroxyl groups is 1. The average molecular weight is 888 g/mol. The van der Waals surface area contributed by atoms with Crippen molar-refractivity contribution in [1.29, 1.82) is 0 Å². The van der Waals surface area contributed by atoms with E-state index in [0.29, 0.717) is 0 Å². The standard InChI is InChI=1S/C43H35N2O.C5H8O2.Ir/c1-27(2)35-24-34(29-12-6-5-7-13-29)25-36(28(3)4)42(35)45-40-17-11-10-16-39(40)44-43(45)38-26-46-41-21-20-33(23-37(38)41)32-19-18-30-14-8-9-15-31(30)22-32;1-4(6)3-5(2)7;/h5-25,27-28H,1-4H3;3,6H,1-2H3;/q-1;;/b;4-3-;. The zero-order valence-electron chi connectivity index (χ0n) is 31.3. The number of carbonyl (C=O) groups excluding carboxylic acids is 1. The van der Waals surface area contributed by atoms with Crippen LogP contribution in [0.3, 0.4) is 0 Å². The first kappa shape index (κ1) is 38.2. The normalized spacial score (nSPS) is 11.6. The van der Waals surface area contributed by atoms with Gasteiger partial charge in [0.1, 0.15) is 0 Å². The number of furan rings is 1. The molecule has 0 unspecified atom stereocenters. The van der Waals surface area contributed by atoms with Crippen LogP contribution in [0.5, 0.6) is 0 Å². The Hall–Kier alpha value is -5.55. The van der Waals surface area contributed by atoms with E-state index in [9.17, 15) is 4.79 Å². The van der Waals surface area contributed by atoms with E-state index in [-0.39, 0.29) is 43.5 Å². The number of aromatic nitrogens is 2. The molecule has 0 bridgehead atoms. The SMILES string of the molecule is CC(=O)/C=C(/C)O.CC(C)c1cc(-c2ccccc2)cc(C(C)C)c1-n1c(-c2[c-]oc3ccc(-c4ccc5ccccc5c4)cc23)nc2ccccc21.[Ir]. The van der Waals surface area contributed by atoms with Crippen molar-refractivity contribution in [2.24, 2.45) is 0 Å². The second kappa shape index (κ2) is 16.2. The minimum Gasteiger partial charge on any atom is -0.557 e. The summed E-state index contributed by atoms with van der Waals surface area (Å²) in [4.78, 5) is 15.3. The van der Waals surface area contributed by atoms with E-state index < -0.39 is 0 Å². The fourth-order valence-corrected chi connectivity index (χ4v) is 7.02. The van der Waals surface area contributed by atoms with Gasteiger partial charge in [0.2, 0.25) is 0 Å². The molecule has 273 valence electrons. The van der Waals surface area contributed by atoms with Crippen LogP contribution >= 0.6 is 0 Å². The number of carbonyl (C=O) groups is 1. The number of para-hydroxylation sites is 2. The number of allylic oxidation sites excluding steroid dienone is 2. The number of hydrogen-bond donors (Lipinski definition) is 1. The summed E-state index contributed by atoms with van der Waals surface area (Å²) < 4.78 is 8.46. The Morgan fingerprint density at radius 3 is 1.96 bits per heavy atom. The first-order valence-corrected chi connectivity index (χ1v) is 18.1. The summed E-state index contributed by atoms with van der Waals surface area (Å²) in [6.45, 7) is 12.0. The van der Waals surface area contributed by atoms with Crippen molar-refractivity contribution in [3.8, 4) is 39.3 Å². The molecule has 0 saturated heterocycles. The van der Waals surface area contributed by atoms with Crippen LogP contribution in [-0.2, 0) is 24.9 Å². The van der Waals surface area contributed by atoms with E-state index in [1.807, 2.05) is 0 Å². The second-order valence-corrected chi connectivity index (χ2v) is 14.2.